The molecule has 4 heteroatoms. The van der Waals surface area contributed by atoms with Crippen molar-refractivity contribution >= 4 is 5.97 Å². The van der Waals surface area contributed by atoms with Gasteiger partial charge >= 0.3 is 5.97 Å². The zero-order valence-corrected chi connectivity index (χ0v) is 10.9. The Morgan fingerprint density at radius 2 is 2.00 bits per heavy atom. The van der Waals surface area contributed by atoms with Crippen LogP contribution in [0.15, 0.2) is 0 Å². The van der Waals surface area contributed by atoms with E-state index >= 15 is 0 Å². The maximum Gasteiger partial charge on any atom is 0.305 e. The molecule has 2 atom stereocenters. The van der Waals surface area contributed by atoms with E-state index in [0.717, 1.165) is 25.0 Å². The van der Waals surface area contributed by atoms with Crippen LogP contribution in [0.4, 0.5) is 0 Å². The smallest absolute Gasteiger partial charge is 0.305 e. The summed E-state index contributed by atoms with van der Waals surface area (Å²) in [5.74, 6) is -0.0937. The SMILES string of the molecule is COC(=O)CCCN(C)C1CC2CCC(C1)N2. The Labute approximate surface area is 104 Å². The van der Waals surface area contributed by atoms with Crippen molar-refractivity contribution < 1.29 is 9.53 Å². The van der Waals surface area contributed by atoms with Crippen LogP contribution in [0.3, 0.4) is 0 Å². The van der Waals surface area contributed by atoms with Crippen LogP contribution in [-0.4, -0.2) is 49.7 Å². The van der Waals surface area contributed by atoms with Crippen LogP contribution in [0.25, 0.3) is 0 Å². The fourth-order valence-corrected chi connectivity index (χ4v) is 3.14. The summed E-state index contributed by atoms with van der Waals surface area (Å²) in [5, 5.41) is 3.66. The van der Waals surface area contributed by atoms with Gasteiger partial charge in [-0.25, -0.2) is 0 Å². The molecule has 2 fully saturated rings. The first-order chi connectivity index (χ1) is 8.19. The first-order valence-corrected chi connectivity index (χ1v) is 6.72. The van der Waals surface area contributed by atoms with Crippen molar-refractivity contribution in [3.63, 3.8) is 0 Å². The van der Waals surface area contributed by atoms with Gasteiger partial charge in [-0.1, -0.05) is 0 Å². The number of rotatable bonds is 5. The highest BCUT2D eigenvalue weighted by molar-refractivity contribution is 5.69. The Kier molecular flexibility index (Phi) is 4.40. The van der Waals surface area contributed by atoms with Crippen LogP contribution < -0.4 is 5.32 Å². The zero-order valence-electron chi connectivity index (χ0n) is 10.9. The Hall–Kier alpha value is -0.610. The van der Waals surface area contributed by atoms with Crippen molar-refractivity contribution in [3.8, 4) is 0 Å². The van der Waals surface area contributed by atoms with Crippen LogP contribution in [0.2, 0.25) is 0 Å². The summed E-state index contributed by atoms with van der Waals surface area (Å²) >= 11 is 0. The second-order valence-electron chi connectivity index (χ2n) is 5.42. The summed E-state index contributed by atoms with van der Waals surface area (Å²) in [6.07, 6.45) is 6.67. The molecule has 17 heavy (non-hydrogen) atoms. The molecular weight excluding hydrogens is 216 g/mol. The van der Waals surface area contributed by atoms with E-state index in [1.54, 1.807) is 0 Å². The minimum Gasteiger partial charge on any atom is -0.469 e. The number of nitrogens with zero attached hydrogens (tertiary/aromatic N) is 1. The summed E-state index contributed by atoms with van der Waals surface area (Å²) in [4.78, 5) is 13.5. The molecule has 1 N–H and O–H groups in total. The summed E-state index contributed by atoms with van der Waals surface area (Å²) in [7, 11) is 3.64. The molecule has 0 aromatic carbocycles. The highest BCUT2D eigenvalue weighted by atomic mass is 16.5. The fourth-order valence-electron chi connectivity index (χ4n) is 3.14. The average Bonchev–Trinajstić information content (AvgIpc) is 2.67. The molecule has 0 radical (unpaired) electrons. The number of ether oxygens (including phenoxy) is 1. The lowest BCUT2D eigenvalue weighted by molar-refractivity contribution is -0.140. The standard InChI is InChI=1S/C13H24N2O2/c1-15(7-3-4-13(16)17-2)12-8-10-5-6-11(9-12)14-10/h10-12,14H,3-9H2,1-2H3. The first-order valence-electron chi connectivity index (χ1n) is 6.72. The van der Waals surface area contributed by atoms with Gasteiger partial charge in [0.15, 0.2) is 0 Å². The van der Waals surface area contributed by atoms with Gasteiger partial charge in [-0.15, -0.1) is 0 Å². The third kappa shape index (κ3) is 3.42. The molecule has 2 unspecified atom stereocenters. The predicted molar refractivity (Wildman–Crippen MR) is 66.8 cm³/mol. The second-order valence-corrected chi connectivity index (χ2v) is 5.42. The summed E-state index contributed by atoms with van der Waals surface area (Å²) in [5.41, 5.74) is 0. The van der Waals surface area contributed by atoms with Crippen LogP contribution >= 0.6 is 0 Å². The third-order valence-electron chi connectivity index (χ3n) is 4.19. The maximum absolute atomic E-state index is 11.0. The second kappa shape index (κ2) is 5.83. The molecule has 0 amide bonds. The lowest BCUT2D eigenvalue weighted by atomic mass is 9.98. The topological polar surface area (TPSA) is 41.6 Å². The number of nitrogens with one attached hydrogen (secondary N) is 1. The molecule has 0 aliphatic carbocycles. The van der Waals surface area contributed by atoms with E-state index in [1.807, 2.05) is 0 Å². The van der Waals surface area contributed by atoms with E-state index in [2.05, 4.69) is 22.0 Å². The Morgan fingerprint density at radius 3 is 2.59 bits per heavy atom. The van der Waals surface area contributed by atoms with Crippen LogP contribution in [0, 0.1) is 0 Å². The van der Waals surface area contributed by atoms with Gasteiger partial charge in [0.25, 0.3) is 0 Å². The average molecular weight is 240 g/mol. The molecule has 0 aromatic rings. The predicted octanol–water partition coefficient (Wildman–Crippen LogP) is 1.15. The molecule has 2 aliphatic heterocycles. The molecular formula is C13H24N2O2. The van der Waals surface area contributed by atoms with Crippen molar-refractivity contribution in [1.29, 1.82) is 0 Å². The Morgan fingerprint density at radius 1 is 1.35 bits per heavy atom. The molecule has 0 spiro atoms. The molecule has 2 aliphatic rings. The molecule has 0 aromatic heterocycles. The number of methoxy groups -OCH3 is 1. The molecule has 4 nitrogen and oxygen atoms in total. The van der Waals surface area contributed by atoms with Crippen molar-refractivity contribution in [2.75, 3.05) is 20.7 Å². The van der Waals surface area contributed by atoms with Crippen LogP contribution in [0.1, 0.15) is 38.5 Å². The number of hydrogen-bond acceptors (Lipinski definition) is 4. The van der Waals surface area contributed by atoms with E-state index < -0.39 is 0 Å². The largest absolute Gasteiger partial charge is 0.469 e. The van der Waals surface area contributed by atoms with Crippen molar-refractivity contribution in [1.82, 2.24) is 10.2 Å². The number of carbonyl (C=O) groups excluding carboxylic acids is 1. The zero-order chi connectivity index (χ0) is 12.3. The summed E-state index contributed by atoms with van der Waals surface area (Å²) < 4.78 is 4.65. The van der Waals surface area contributed by atoms with Crippen molar-refractivity contribution in [2.24, 2.45) is 0 Å². The summed E-state index contributed by atoms with van der Waals surface area (Å²) in [6.45, 7) is 0.999. The van der Waals surface area contributed by atoms with Gasteiger partial charge in [0, 0.05) is 24.5 Å². The van der Waals surface area contributed by atoms with Gasteiger partial charge in [0.05, 0.1) is 7.11 Å². The van der Waals surface area contributed by atoms with Gasteiger partial charge in [0.2, 0.25) is 0 Å². The molecule has 0 saturated carbocycles. The van der Waals surface area contributed by atoms with Gasteiger partial charge in [-0.3, -0.25) is 4.79 Å². The fraction of sp³-hybridized carbons (Fsp3) is 0.923. The molecule has 98 valence electrons. The maximum atomic E-state index is 11.0. The van der Waals surface area contributed by atoms with Crippen LogP contribution in [-0.2, 0) is 9.53 Å². The van der Waals surface area contributed by atoms with E-state index in [4.69, 9.17) is 0 Å². The highest BCUT2D eigenvalue weighted by Gasteiger charge is 2.34. The number of esters is 1. The van der Waals surface area contributed by atoms with E-state index in [1.165, 1.54) is 32.8 Å². The van der Waals surface area contributed by atoms with Gasteiger partial charge in [0.1, 0.15) is 0 Å². The Balaban J connectivity index is 1.69. The lowest BCUT2D eigenvalue weighted by Crippen LogP contribution is -2.47. The van der Waals surface area contributed by atoms with Crippen molar-refractivity contribution in [2.45, 2.75) is 56.7 Å². The normalized spacial score (nSPS) is 31.8. The third-order valence-corrected chi connectivity index (χ3v) is 4.19. The van der Waals surface area contributed by atoms with Gasteiger partial charge in [-0.2, -0.15) is 0 Å². The summed E-state index contributed by atoms with van der Waals surface area (Å²) in [6, 6.07) is 2.18. The van der Waals surface area contributed by atoms with E-state index in [9.17, 15) is 4.79 Å². The number of hydrogen-bond donors (Lipinski definition) is 1. The lowest BCUT2D eigenvalue weighted by Gasteiger charge is -2.35. The van der Waals surface area contributed by atoms with Crippen LogP contribution in [0.5, 0.6) is 0 Å². The minimum atomic E-state index is -0.0937. The van der Waals surface area contributed by atoms with Gasteiger partial charge < -0.3 is 15.0 Å². The monoisotopic (exact) mass is 240 g/mol. The first kappa shape index (κ1) is 12.8. The molecule has 2 heterocycles. The minimum absolute atomic E-state index is 0.0937. The Bertz CT molecular complexity index is 258. The van der Waals surface area contributed by atoms with Gasteiger partial charge in [-0.05, 0) is 45.7 Å². The quantitative estimate of drug-likeness (QED) is 0.732. The number of piperidine rings is 1. The molecule has 2 rings (SSSR count). The molecule has 2 bridgehead atoms. The van der Waals surface area contributed by atoms with E-state index in [0.29, 0.717) is 12.5 Å². The van der Waals surface area contributed by atoms with Crippen molar-refractivity contribution in [3.05, 3.63) is 0 Å². The highest BCUT2D eigenvalue weighted by Crippen LogP contribution is 2.29. The number of fused-ring (bicyclic) bond motifs is 2. The molecule has 2 saturated heterocycles. The number of carbonyl (C=O) groups is 1. The van der Waals surface area contributed by atoms with E-state index in [-0.39, 0.29) is 5.97 Å².